The van der Waals surface area contributed by atoms with Crippen LogP contribution in [0.2, 0.25) is 5.02 Å². The number of amides is 3. The van der Waals surface area contributed by atoms with Crippen LogP contribution in [0.1, 0.15) is 12.8 Å². The minimum atomic E-state index is -0.402. The maximum atomic E-state index is 12.7. The van der Waals surface area contributed by atoms with Gasteiger partial charge in [0.15, 0.2) is 6.61 Å². The van der Waals surface area contributed by atoms with Crippen molar-refractivity contribution in [2.45, 2.75) is 12.8 Å². The van der Waals surface area contributed by atoms with Crippen molar-refractivity contribution in [3.63, 3.8) is 0 Å². The molecular weight excluding hydrogens is 462 g/mol. The number of nitrogens with one attached hydrogen (secondary N) is 1. The first-order valence-electron chi connectivity index (χ1n) is 9.05. The molecule has 0 atom stereocenters. The molecule has 0 aromatic heterocycles. The Morgan fingerprint density at radius 1 is 1.17 bits per heavy atom. The Balaban J connectivity index is 1.52. The fourth-order valence-corrected chi connectivity index (χ4v) is 3.89. The summed E-state index contributed by atoms with van der Waals surface area (Å²) in [6.45, 7) is 0.326. The van der Waals surface area contributed by atoms with Crippen molar-refractivity contribution < 1.29 is 19.1 Å². The normalized spacial score (nSPS) is 15.9. The van der Waals surface area contributed by atoms with Crippen molar-refractivity contribution >= 4 is 62.3 Å². The van der Waals surface area contributed by atoms with Crippen LogP contribution in [-0.4, -0.2) is 37.4 Å². The fraction of sp³-hybridized carbons (Fsp3) is 0.250. The molecule has 0 bridgehead atoms. The second-order valence-electron chi connectivity index (χ2n) is 6.74. The van der Waals surface area contributed by atoms with Gasteiger partial charge in [-0.2, -0.15) is 0 Å². The van der Waals surface area contributed by atoms with Crippen LogP contribution in [0.5, 0.6) is 5.75 Å². The van der Waals surface area contributed by atoms with Gasteiger partial charge in [0.05, 0.1) is 16.4 Å². The van der Waals surface area contributed by atoms with Crippen molar-refractivity contribution in [3.8, 4) is 5.75 Å². The lowest BCUT2D eigenvalue weighted by molar-refractivity contribution is -0.123. The Labute approximate surface area is 180 Å². The molecule has 2 heterocycles. The molecule has 0 saturated carbocycles. The molecule has 29 heavy (non-hydrogen) atoms. The van der Waals surface area contributed by atoms with Crippen LogP contribution in [0.3, 0.4) is 0 Å². The summed E-state index contributed by atoms with van der Waals surface area (Å²) >= 11 is 9.59. The highest BCUT2D eigenvalue weighted by Gasteiger charge is 2.28. The minimum absolute atomic E-state index is 0.0475. The molecule has 1 N–H and O–H groups in total. The molecule has 0 unspecified atom stereocenters. The number of carbonyl (C=O) groups excluding carboxylic acids is 3. The standard InChI is InChI=1S/C20H17BrClN3O4/c21-12-3-6-16-17(8-12)29-11-20(28)25(16)10-18(26)23-15-9-13(4-5-14(15)22)24-7-1-2-19(24)27/h3-6,8-9H,1-2,7,10-11H2,(H,23,26). The Bertz CT molecular complexity index is 1010. The van der Waals surface area contributed by atoms with Crippen molar-refractivity contribution in [3.05, 3.63) is 45.9 Å². The summed E-state index contributed by atoms with van der Waals surface area (Å²) in [4.78, 5) is 40.0. The fourth-order valence-electron chi connectivity index (χ4n) is 3.38. The molecule has 1 saturated heterocycles. The number of benzene rings is 2. The molecule has 2 aliphatic heterocycles. The molecule has 0 radical (unpaired) electrons. The first-order chi connectivity index (χ1) is 13.9. The van der Waals surface area contributed by atoms with Crippen LogP contribution in [0.4, 0.5) is 17.1 Å². The number of halogens is 2. The van der Waals surface area contributed by atoms with E-state index < -0.39 is 5.91 Å². The van der Waals surface area contributed by atoms with E-state index in [1.165, 1.54) is 4.90 Å². The Morgan fingerprint density at radius 3 is 2.76 bits per heavy atom. The highest BCUT2D eigenvalue weighted by atomic mass is 79.9. The van der Waals surface area contributed by atoms with Gasteiger partial charge in [-0.25, -0.2) is 0 Å². The number of fused-ring (bicyclic) bond motifs is 1. The zero-order valence-electron chi connectivity index (χ0n) is 15.3. The smallest absolute Gasteiger partial charge is 0.265 e. The van der Waals surface area contributed by atoms with E-state index in [2.05, 4.69) is 21.2 Å². The van der Waals surface area contributed by atoms with E-state index >= 15 is 0 Å². The van der Waals surface area contributed by atoms with E-state index in [9.17, 15) is 14.4 Å². The molecule has 0 aliphatic carbocycles. The Kier molecular flexibility index (Phi) is 5.47. The van der Waals surface area contributed by atoms with Crippen molar-refractivity contribution in [2.24, 2.45) is 0 Å². The topological polar surface area (TPSA) is 79.0 Å². The monoisotopic (exact) mass is 477 g/mol. The lowest BCUT2D eigenvalue weighted by atomic mass is 10.2. The maximum absolute atomic E-state index is 12.7. The van der Waals surface area contributed by atoms with Crippen LogP contribution in [0.25, 0.3) is 0 Å². The molecule has 4 rings (SSSR count). The summed E-state index contributed by atoms with van der Waals surface area (Å²) in [6.07, 6.45) is 1.32. The lowest BCUT2D eigenvalue weighted by Crippen LogP contribution is -2.43. The van der Waals surface area contributed by atoms with E-state index in [-0.39, 0.29) is 25.0 Å². The average molecular weight is 479 g/mol. The van der Waals surface area contributed by atoms with Gasteiger partial charge in [0.25, 0.3) is 5.91 Å². The number of hydrogen-bond donors (Lipinski definition) is 1. The predicted octanol–water partition coefficient (Wildman–Crippen LogP) is 3.59. The van der Waals surface area contributed by atoms with Gasteiger partial charge >= 0.3 is 0 Å². The van der Waals surface area contributed by atoms with Crippen LogP contribution in [-0.2, 0) is 14.4 Å². The third-order valence-electron chi connectivity index (χ3n) is 4.78. The Hall–Kier alpha value is -2.58. The molecule has 9 heteroatoms. The summed E-state index contributed by atoms with van der Waals surface area (Å²) < 4.78 is 6.25. The first-order valence-corrected chi connectivity index (χ1v) is 10.2. The number of ether oxygens (including phenoxy) is 1. The van der Waals surface area contributed by atoms with Crippen molar-refractivity contribution in [1.29, 1.82) is 0 Å². The van der Waals surface area contributed by atoms with Crippen LogP contribution >= 0.6 is 27.5 Å². The van der Waals surface area contributed by atoms with Gasteiger partial charge in [0.2, 0.25) is 11.8 Å². The summed E-state index contributed by atoms with van der Waals surface area (Å²) in [6, 6.07) is 10.3. The lowest BCUT2D eigenvalue weighted by Gasteiger charge is -2.29. The Morgan fingerprint density at radius 2 is 2.00 bits per heavy atom. The molecule has 1 fully saturated rings. The zero-order chi connectivity index (χ0) is 20.5. The van der Waals surface area contributed by atoms with Gasteiger partial charge in [-0.1, -0.05) is 27.5 Å². The molecule has 2 aromatic rings. The van der Waals surface area contributed by atoms with Crippen LogP contribution < -0.4 is 19.9 Å². The summed E-state index contributed by atoms with van der Waals surface area (Å²) in [5.74, 6) is -0.135. The third kappa shape index (κ3) is 4.09. The summed E-state index contributed by atoms with van der Waals surface area (Å²) in [5.41, 5.74) is 1.61. The molecule has 3 amide bonds. The average Bonchev–Trinajstić information content (AvgIpc) is 3.12. The summed E-state index contributed by atoms with van der Waals surface area (Å²) in [5, 5.41) is 3.10. The number of anilines is 3. The highest BCUT2D eigenvalue weighted by Crippen LogP contribution is 2.35. The number of nitrogens with zero attached hydrogens (tertiary/aromatic N) is 2. The molecule has 2 aromatic carbocycles. The van der Waals surface area contributed by atoms with Gasteiger partial charge in [0.1, 0.15) is 12.3 Å². The second-order valence-corrected chi connectivity index (χ2v) is 8.06. The van der Waals surface area contributed by atoms with E-state index in [0.717, 1.165) is 10.9 Å². The highest BCUT2D eigenvalue weighted by molar-refractivity contribution is 9.10. The largest absolute Gasteiger partial charge is 0.482 e. The van der Waals surface area contributed by atoms with E-state index in [0.29, 0.717) is 40.8 Å². The van der Waals surface area contributed by atoms with Crippen LogP contribution in [0.15, 0.2) is 40.9 Å². The van der Waals surface area contributed by atoms with Gasteiger partial charge in [-0.3, -0.25) is 19.3 Å². The van der Waals surface area contributed by atoms with E-state index in [1.54, 1.807) is 41.3 Å². The quantitative estimate of drug-likeness (QED) is 0.728. The minimum Gasteiger partial charge on any atom is -0.482 e. The van der Waals surface area contributed by atoms with Gasteiger partial charge < -0.3 is 15.0 Å². The van der Waals surface area contributed by atoms with Gasteiger partial charge in [-0.05, 0) is 42.8 Å². The van der Waals surface area contributed by atoms with Crippen molar-refractivity contribution in [1.82, 2.24) is 0 Å². The van der Waals surface area contributed by atoms with Gasteiger partial charge in [0, 0.05) is 23.1 Å². The first kappa shape index (κ1) is 19.7. The molecule has 2 aliphatic rings. The maximum Gasteiger partial charge on any atom is 0.265 e. The molecular formula is C20H17BrClN3O4. The van der Waals surface area contributed by atoms with Crippen LogP contribution in [0, 0.1) is 0 Å². The third-order valence-corrected chi connectivity index (χ3v) is 5.60. The molecule has 150 valence electrons. The molecule has 0 spiro atoms. The molecule has 7 nitrogen and oxygen atoms in total. The number of carbonyl (C=O) groups is 3. The number of rotatable bonds is 4. The number of hydrogen-bond acceptors (Lipinski definition) is 4. The summed E-state index contributed by atoms with van der Waals surface area (Å²) in [7, 11) is 0. The zero-order valence-corrected chi connectivity index (χ0v) is 17.6. The van der Waals surface area contributed by atoms with Crippen molar-refractivity contribution in [2.75, 3.05) is 34.8 Å². The van der Waals surface area contributed by atoms with Gasteiger partial charge in [-0.15, -0.1) is 0 Å². The SMILES string of the molecule is O=C(CN1C(=O)COc2cc(Br)ccc21)Nc1cc(N2CCCC2=O)ccc1Cl. The van der Waals surface area contributed by atoms with E-state index in [4.69, 9.17) is 16.3 Å². The second kappa shape index (κ2) is 8.04. The predicted molar refractivity (Wildman–Crippen MR) is 114 cm³/mol. The van der Waals surface area contributed by atoms with E-state index in [1.807, 2.05) is 0 Å².